The number of rotatable bonds is 5. The number of carbonyl (C=O) groups excluding carboxylic acids is 1. The first-order valence-corrected chi connectivity index (χ1v) is 8.94. The SMILES string of the molecule is CC(NC(=O)C1CCN(S(=O)(=O)c2ccc(F)cc2)CC1)C(=O)O. The highest BCUT2D eigenvalue weighted by molar-refractivity contribution is 7.89. The Kier molecular flexibility index (Phi) is 5.55. The van der Waals surface area contributed by atoms with Gasteiger partial charge in [0.25, 0.3) is 0 Å². The Morgan fingerprint density at radius 2 is 1.79 bits per heavy atom. The van der Waals surface area contributed by atoms with Crippen molar-refractivity contribution in [3.63, 3.8) is 0 Å². The summed E-state index contributed by atoms with van der Waals surface area (Å²) in [5.74, 6) is -2.45. The summed E-state index contributed by atoms with van der Waals surface area (Å²) in [5, 5.41) is 11.2. The van der Waals surface area contributed by atoms with Crippen molar-refractivity contribution in [1.29, 1.82) is 0 Å². The smallest absolute Gasteiger partial charge is 0.325 e. The minimum absolute atomic E-state index is 0.00583. The number of nitrogens with zero attached hydrogens (tertiary/aromatic N) is 1. The van der Waals surface area contributed by atoms with E-state index in [0.29, 0.717) is 12.8 Å². The van der Waals surface area contributed by atoms with Gasteiger partial charge in [-0.2, -0.15) is 4.31 Å². The molecular formula is C15H19FN2O5S. The molecule has 1 saturated heterocycles. The van der Waals surface area contributed by atoms with Crippen molar-refractivity contribution >= 4 is 21.9 Å². The Labute approximate surface area is 139 Å². The predicted molar refractivity (Wildman–Crippen MR) is 83.1 cm³/mol. The summed E-state index contributed by atoms with van der Waals surface area (Å²) < 4.78 is 39.1. The fraction of sp³-hybridized carbons (Fsp3) is 0.467. The maximum atomic E-state index is 12.9. The summed E-state index contributed by atoms with van der Waals surface area (Å²) in [7, 11) is -3.72. The minimum Gasteiger partial charge on any atom is -0.480 e. The van der Waals surface area contributed by atoms with Gasteiger partial charge >= 0.3 is 5.97 Å². The lowest BCUT2D eigenvalue weighted by molar-refractivity contribution is -0.142. The number of nitrogens with one attached hydrogen (secondary N) is 1. The zero-order valence-electron chi connectivity index (χ0n) is 13.1. The molecule has 0 aromatic heterocycles. The van der Waals surface area contributed by atoms with Gasteiger partial charge < -0.3 is 10.4 Å². The van der Waals surface area contributed by atoms with Crippen LogP contribution in [0.2, 0.25) is 0 Å². The van der Waals surface area contributed by atoms with Gasteiger partial charge in [0, 0.05) is 19.0 Å². The highest BCUT2D eigenvalue weighted by Crippen LogP contribution is 2.24. The number of carbonyl (C=O) groups is 2. The molecule has 2 rings (SSSR count). The fourth-order valence-electron chi connectivity index (χ4n) is 2.51. The number of sulfonamides is 1. The minimum atomic E-state index is -3.72. The number of benzene rings is 1. The summed E-state index contributed by atoms with van der Waals surface area (Å²) in [6.07, 6.45) is 0.608. The lowest BCUT2D eigenvalue weighted by Crippen LogP contribution is -2.46. The van der Waals surface area contributed by atoms with Gasteiger partial charge in [0.2, 0.25) is 15.9 Å². The average Bonchev–Trinajstić information content (AvgIpc) is 2.55. The summed E-state index contributed by atoms with van der Waals surface area (Å²) in [5.41, 5.74) is 0. The largest absolute Gasteiger partial charge is 0.480 e. The maximum Gasteiger partial charge on any atom is 0.325 e. The second-order valence-corrected chi connectivity index (χ2v) is 7.64. The number of hydrogen-bond acceptors (Lipinski definition) is 4. The standard InChI is InChI=1S/C15H19FN2O5S/c1-10(15(20)21)17-14(19)11-6-8-18(9-7-11)24(22,23)13-4-2-12(16)3-5-13/h2-5,10-11H,6-9H2,1H3,(H,17,19)(H,20,21). The van der Waals surface area contributed by atoms with E-state index in [1.807, 2.05) is 0 Å². The maximum absolute atomic E-state index is 12.9. The summed E-state index contributed by atoms with van der Waals surface area (Å²) in [6.45, 7) is 1.67. The number of carboxylic acid groups (broad SMARTS) is 1. The molecule has 132 valence electrons. The van der Waals surface area contributed by atoms with E-state index in [1.165, 1.54) is 23.4 Å². The van der Waals surface area contributed by atoms with Gasteiger partial charge in [-0.1, -0.05) is 0 Å². The molecule has 1 aliphatic rings. The molecule has 1 unspecified atom stereocenters. The number of aliphatic carboxylic acids is 1. The number of piperidine rings is 1. The molecule has 0 bridgehead atoms. The van der Waals surface area contributed by atoms with Crippen LogP contribution in [0.4, 0.5) is 4.39 Å². The highest BCUT2D eigenvalue weighted by atomic mass is 32.2. The van der Waals surface area contributed by atoms with E-state index in [4.69, 9.17) is 5.11 Å². The van der Waals surface area contributed by atoms with Crippen LogP contribution in [-0.2, 0) is 19.6 Å². The number of halogens is 1. The molecule has 1 atom stereocenters. The molecule has 0 saturated carbocycles. The number of hydrogen-bond donors (Lipinski definition) is 2. The molecule has 0 radical (unpaired) electrons. The van der Waals surface area contributed by atoms with E-state index in [2.05, 4.69) is 5.32 Å². The molecule has 0 spiro atoms. The second-order valence-electron chi connectivity index (χ2n) is 5.70. The summed E-state index contributed by atoms with van der Waals surface area (Å²) >= 11 is 0. The van der Waals surface area contributed by atoms with E-state index in [0.717, 1.165) is 12.1 Å². The van der Waals surface area contributed by atoms with Crippen LogP contribution >= 0.6 is 0 Å². The Morgan fingerprint density at radius 1 is 1.25 bits per heavy atom. The zero-order chi connectivity index (χ0) is 17.9. The van der Waals surface area contributed by atoms with Crippen LogP contribution in [-0.4, -0.2) is 48.8 Å². The van der Waals surface area contributed by atoms with Gasteiger partial charge in [-0.25, -0.2) is 12.8 Å². The third-order valence-electron chi connectivity index (χ3n) is 4.01. The first-order chi connectivity index (χ1) is 11.2. The van der Waals surface area contributed by atoms with Crippen molar-refractivity contribution in [3.8, 4) is 0 Å². The zero-order valence-corrected chi connectivity index (χ0v) is 13.9. The Balaban J connectivity index is 1.98. The Hall–Kier alpha value is -2.00. The quantitative estimate of drug-likeness (QED) is 0.811. The molecule has 1 aromatic carbocycles. The van der Waals surface area contributed by atoms with E-state index in [1.54, 1.807) is 0 Å². The van der Waals surface area contributed by atoms with Gasteiger partial charge in [0.05, 0.1) is 4.90 Å². The third-order valence-corrected chi connectivity index (χ3v) is 5.92. The summed E-state index contributed by atoms with van der Waals surface area (Å²) in [6, 6.07) is 3.59. The molecule has 1 aromatic rings. The van der Waals surface area contributed by atoms with Crippen molar-refractivity contribution in [2.75, 3.05) is 13.1 Å². The van der Waals surface area contributed by atoms with Gasteiger partial charge in [0.15, 0.2) is 0 Å². The van der Waals surface area contributed by atoms with Crippen molar-refractivity contribution in [2.45, 2.75) is 30.7 Å². The van der Waals surface area contributed by atoms with Crippen LogP contribution < -0.4 is 5.32 Å². The van der Waals surface area contributed by atoms with Crippen LogP contribution in [0.5, 0.6) is 0 Å². The van der Waals surface area contributed by atoms with E-state index in [9.17, 15) is 22.4 Å². The first kappa shape index (κ1) is 18.3. The molecule has 1 aliphatic heterocycles. The average molecular weight is 358 g/mol. The molecule has 2 N–H and O–H groups in total. The topological polar surface area (TPSA) is 104 Å². The Morgan fingerprint density at radius 3 is 2.29 bits per heavy atom. The first-order valence-electron chi connectivity index (χ1n) is 7.50. The number of amides is 1. The molecule has 0 aliphatic carbocycles. The van der Waals surface area contributed by atoms with Gasteiger partial charge in [0.1, 0.15) is 11.9 Å². The lowest BCUT2D eigenvalue weighted by atomic mass is 9.97. The van der Waals surface area contributed by atoms with E-state index >= 15 is 0 Å². The normalized spacial score (nSPS) is 18.1. The van der Waals surface area contributed by atoms with Gasteiger partial charge in [-0.15, -0.1) is 0 Å². The molecule has 1 amide bonds. The Bertz CT molecular complexity index is 712. The van der Waals surface area contributed by atoms with Crippen LogP contribution in [0, 0.1) is 11.7 Å². The number of carboxylic acids is 1. The molecule has 1 heterocycles. The fourth-order valence-corrected chi connectivity index (χ4v) is 3.98. The molecular weight excluding hydrogens is 339 g/mol. The van der Waals surface area contributed by atoms with Gasteiger partial charge in [-0.05, 0) is 44.0 Å². The second kappa shape index (κ2) is 7.27. The molecule has 1 fully saturated rings. The molecule has 24 heavy (non-hydrogen) atoms. The highest BCUT2D eigenvalue weighted by Gasteiger charge is 2.32. The van der Waals surface area contributed by atoms with Crippen molar-refractivity contribution in [3.05, 3.63) is 30.1 Å². The van der Waals surface area contributed by atoms with Crippen molar-refractivity contribution in [2.24, 2.45) is 5.92 Å². The van der Waals surface area contributed by atoms with Crippen molar-refractivity contribution in [1.82, 2.24) is 9.62 Å². The molecule has 9 heteroatoms. The van der Waals surface area contributed by atoms with Crippen LogP contribution in [0.3, 0.4) is 0 Å². The summed E-state index contributed by atoms with van der Waals surface area (Å²) in [4.78, 5) is 22.8. The van der Waals surface area contributed by atoms with Crippen LogP contribution in [0.25, 0.3) is 0 Å². The van der Waals surface area contributed by atoms with Crippen molar-refractivity contribution < 1.29 is 27.5 Å². The van der Waals surface area contributed by atoms with Crippen LogP contribution in [0.1, 0.15) is 19.8 Å². The predicted octanol–water partition coefficient (Wildman–Crippen LogP) is 0.816. The van der Waals surface area contributed by atoms with E-state index < -0.39 is 33.8 Å². The monoisotopic (exact) mass is 358 g/mol. The molecule has 7 nitrogen and oxygen atoms in total. The van der Waals surface area contributed by atoms with Crippen LogP contribution in [0.15, 0.2) is 29.2 Å². The third kappa shape index (κ3) is 4.09. The van der Waals surface area contributed by atoms with E-state index in [-0.39, 0.29) is 23.9 Å². The lowest BCUT2D eigenvalue weighted by Gasteiger charge is -2.30. The van der Waals surface area contributed by atoms with Gasteiger partial charge in [-0.3, -0.25) is 9.59 Å².